The van der Waals surface area contributed by atoms with Crippen LogP contribution in [0.5, 0.6) is 11.6 Å². The number of benzene rings is 1. The fourth-order valence-electron chi connectivity index (χ4n) is 2.63. The van der Waals surface area contributed by atoms with Crippen LogP contribution in [0.15, 0.2) is 36.5 Å². The van der Waals surface area contributed by atoms with Crippen molar-refractivity contribution in [3.8, 4) is 11.6 Å². The lowest BCUT2D eigenvalue weighted by atomic mass is 9.98. The molecule has 1 N–H and O–H groups in total. The highest BCUT2D eigenvalue weighted by molar-refractivity contribution is 7.19. The molecule has 3 aromatic rings. The predicted octanol–water partition coefficient (Wildman–Crippen LogP) is 5.97. The van der Waals surface area contributed by atoms with Gasteiger partial charge in [-0.2, -0.15) is 0 Å². The van der Waals surface area contributed by atoms with Crippen molar-refractivity contribution in [2.75, 3.05) is 0 Å². The van der Waals surface area contributed by atoms with Crippen LogP contribution in [0.3, 0.4) is 0 Å². The van der Waals surface area contributed by atoms with Gasteiger partial charge in [-0.1, -0.05) is 44.5 Å². The second-order valence-electron chi connectivity index (χ2n) is 7.88. The van der Waals surface area contributed by atoms with Crippen molar-refractivity contribution in [2.45, 2.75) is 46.1 Å². The van der Waals surface area contributed by atoms with Gasteiger partial charge in [-0.05, 0) is 30.7 Å². The molecule has 0 saturated carbocycles. The molecule has 0 radical (unpaired) electrons. The third kappa shape index (κ3) is 5.34. The molecule has 0 spiro atoms. The van der Waals surface area contributed by atoms with Gasteiger partial charge in [-0.25, -0.2) is 9.97 Å². The minimum absolute atomic E-state index is 0.0314. The average molecular weight is 430 g/mol. The number of thiazole rings is 1. The molecular weight excluding hydrogens is 406 g/mol. The van der Waals surface area contributed by atoms with Crippen molar-refractivity contribution in [1.29, 1.82) is 0 Å². The zero-order chi connectivity index (χ0) is 21.2. The first-order valence-electron chi connectivity index (χ1n) is 9.32. The number of nitrogens with zero attached hydrogens (tertiary/aromatic N) is 2. The van der Waals surface area contributed by atoms with E-state index in [1.807, 2.05) is 37.3 Å². The maximum absolute atomic E-state index is 11.1. The van der Waals surface area contributed by atoms with Gasteiger partial charge in [0.25, 0.3) is 0 Å². The van der Waals surface area contributed by atoms with Crippen LogP contribution in [0.1, 0.15) is 45.2 Å². The maximum Gasteiger partial charge on any atom is 0.219 e. The third-order valence-electron chi connectivity index (χ3n) is 4.09. The summed E-state index contributed by atoms with van der Waals surface area (Å²) in [6.07, 6.45) is 5.52. The zero-order valence-corrected chi connectivity index (χ0v) is 18.7. The molecule has 0 bridgehead atoms. The van der Waals surface area contributed by atoms with E-state index in [0.29, 0.717) is 16.7 Å². The van der Waals surface area contributed by atoms with E-state index in [1.54, 1.807) is 23.6 Å². The van der Waals surface area contributed by atoms with E-state index in [-0.39, 0.29) is 17.4 Å². The molecule has 1 amide bonds. The molecule has 2 aromatic heterocycles. The van der Waals surface area contributed by atoms with Crippen molar-refractivity contribution in [3.05, 3.63) is 52.1 Å². The molecule has 0 saturated heterocycles. The van der Waals surface area contributed by atoms with Crippen molar-refractivity contribution >= 4 is 45.1 Å². The molecule has 0 aliphatic carbocycles. The summed E-state index contributed by atoms with van der Waals surface area (Å²) in [5, 5.41) is 4.38. The lowest BCUT2D eigenvalue weighted by molar-refractivity contribution is -0.119. The van der Waals surface area contributed by atoms with Crippen LogP contribution in [-0.2, 0) is 10.2 Å². The number of hydrogen-bond donors (Lipinski definition) is 1. The topological polar surface area (TPSA) is 64.1 Å². The standard InChI is InChI=1S/C22H24ClN3O2S/c1-13(25-14(2)27)6-7-15-8-11-18(24-12-15)28-17-10-9-16-20(19(17)23)29-21(26-16)22(3,4)5/h6-13H,1-5H3,(H,25,27)/b7-6+/t13-/m0/s1. The number of rotatable bonds is 5. The first kappa shape index (κ1) is 21.3. The van der Waals surface area contributed by atoms with E-state index in [4.69, 9.17) is 16.3 Å². The second-order valence-corrected chi connectivity index (χ2v) is 9.25. The van der Waals surface area contributed by atoms with Gasteiger partial charge in [0.05, 0.1) is 15.2 Å². The number of nitrogens with one attached hydrogen (secondary N) is 1. The summed E-state index contributed by atoms with van der Waals surface area (Å²) < 4.78 is 6.82. The smallest absolute Gasteiger partial charge is 0.219 e. The lowest BCUT2D eigenvalue weighted by Crippen LogP contribution is -2.28. The van der Waals surface area contributed by atoms with Crippen LogP contribution >= 0.6 is 22.9 Å². The first-order valence-corrected chi connectivity index (χ1v) is 10.5. The van der Waals surface area contributed by atoms with Crippen LogP contribution in [0, 0.1) is 0 Å². The summed E-state index contributed by atoms with van der Waals surface area (Å²) in [5.41, 5.74) is 1.75. The van der Waals surface area contributed by atoms with Gasteiger partial charge in [0, 0.05) is 30.6 Å². The molecule has 0 fully saturated rings. The van der Waals surface area contributed by atoms with Crippen LogP contribution in [-0.4, -0.2) is 21.9 Å². The molecule has 2 heterocycles. The first-order chi connectivity index (χ1) is 13.6. The SMILES string of the molecule is CC(=O)N[C@@H](C)/C=C/c1ccc(Oc2ccc3nc(C(C)(C)C)sc3c2Cl)nc1. The van der Waals surface area contributed by atoms with E-state index < -0.39 is 0 Å². The van der Waals surface area contributed by atoms with Gasteiger partial charge in [0.15, 0.2) is 0 Å². The van der Waals surface area contributed by atoms with Gasteiger partial charge in [0.1, 0.15) is 10.8 Å². The summed E-state index contributed by atoms with van der Waals surface area (Å²) in [7, 11) is 0. The Morgan fingerprint density at radius 2 is 2.03 bits per heavy atom. The number of carbonyl (C=O) groups excluding carboxylic acids is 1. The van der Waals surface area contributed by atoms with Gasteiger partial charge in [0.2, 0.25) is 11.8 Å². The number of halogens is 1. The summed E-state index contributed by atoms with van der Waals surface area (Å²) >= 11 is 8.17. The van der Waals surface area contributed by atoms with Crippen molar-refractivity contribution in [2.24, 2.45) is 0 Å². The van der Waals surface area contributed by atoms with E-state index in [1.165, 1.54) is 6.92 Å². The number of hydrogen-bond acceptors (Lipinski definition) is 5. The molecule has 7 heteroatoms. The van der Waals surface area contributed by atoms with Crippen LogP contribution < -0.4 is 10.1 Å². The van der Waals surface area contributed by atoms with Gasteiger partial charge < -0.3 is 10.1 Å². The summed E-state index contributed by atoms with van der Waals surface area (Å²) in [6.45, 7) is 9.80. The molecule has 1 atom stereocenters. The number of fused-ring (bicyclic) bond motifs is 1. The van der Waals surface area contributed by atoms with Crippen molar-refractivity contribution < 1.29 is 9.53 Å². The van der Waals surface area contributed by atoms with Gasteiger partial charge in [-0.15, -0.1) is 11.3 Å². The molecule has 0 unspecified atom stereocenters. The monoisotopic (exact) mass is 429 g/mol. The molecule has 0 aliphatic heterocycles. The van der Waals surface area contributed by atoms with E-state index in [0.717, 1.165) is 20.8 Å². The Kier molecular flexibility index (Phi) is 6.24. The van der Waals surface area contributed by atoms with Crippen LogP contribution in [0.2, 0.25) is 5.02 Å². The van der Waals surface area contributed by atoms with E-state index >= 15 is 0 Å². The Morgan fingerprint density at radius 3 is 2.66 bits per heavy atom. The van der Waals surface area contributed by atoms with Crippen LogP contribution in [0.4, 0.5) is 0 Å². The predicted molar refractivity (Wildman–Crippen MR) is 120 cm³/mol. The molecule has 5 nitrogen and oxygen atoms in total. The van der Waals surface area contributed by atoms with E-state index in [2.05, 4.69) is 36.1 Å². The number of amides is 1. The fourth-order valence-corrected chi connectivity index (χ4v) is 4.00. The Balaban J connectivity index is 1.76. The second kappa shape index (κ2) is 8.51. The number of aromatic nitrogens is 2. The normalized spacial score (nSPS) is 13.0. The van der Waals surface area contributed by atoms with Gasteiger partial charge in [-0.3, -0.25) is 4.79 Å². The number of carbonyl (C=O) groups is 1. The molecule has 3 rings (SSSR count). The molecular formula is C22H24ClN3O2S. The molecule has 1 aromatic carbocycles. The summed E-state index contributed by atoms with van der Waals surface area (Å²) in [4.78, 5) is 20.1. The molecule has 29 heavy (non-hydrogen) atoms. The highest BCUT2D eigenvalue weighted by atomic mass is 35.5. The summed E-state index contributed by atoms with van der Waals surface area (Å²) in [6, 6.07) is 7.38. The molecule has 152 valence electrons. The number of ether oxygens (including phenoxy) is 1. The largest absolute Gasteiger partial charge is 0.437 e. The van der Waals surface area contributed by atoms with Gasteiger partial charge >= 0.3 is 0 Å². The Labute approximate surface area is 179 Å². The Hall–Kier alpha value is -2.44. The summed E-state index contributed by atoms with van der Waals surface area (Å²) in [5.74, 6) is 0.950. The van der Waals surface area contributed by atoms with E-state index in [9.17, 15) is 4.79 Å². The average Bonchev–Trinajstić information content (AvgIpc) is 3.08. The maximum atomic E-state index is 11.1. The third-order valence-corrected chi connectivity index (χ3v) is 6.09. The zero-order valence-electron chi connectivity index (χ0n) is 17.1. The van der Waals surface area contributed by atoms with Crippen LogP contribution in [0.25, 0.3) is 16.3 Å². The highest BCUT2D eigenvalue weighted by Gasteiger charge is 2.21. The number of pyridine rings is 1. The highest BCUT2D eigenvalue weighted by Crippen LogP contribution is 2.40. The minimum Gasteiger partial charge on any atom is -0.437 e. The fraction of sp³-hybridized carbons (Fsp3) is 0.318. The quantitative estimate of drug-likeness (QED) is 0.542. The Bertz CT molecular complexity index is 1050. The van der Waals surface area contributed by atoms with Crippen molar-refractivity contribution in [3.63, 3.8) is 0 Å². The lowest BCUT2D eigenvalue weighted by Gasteiger charge is -2.13. The minimum atomic E-state index is -0.0616. The molecule has 0 aliphatic rings. The van der Waals surface area contributed by atoms with Crippen molar-refractivity contribution in [1.82, 2.24) is 15.3 Å². The Morgan fingerprint density at radius 1 is 1.28 bits per heavy atom.